The molecular weight excluding hydrogens is 1170 g/mol. The minimum absolute atomic E-state index is 0.00583. The van der Waals surface area contributed by atoms with Gasteiger partial charge in [0.05, 0.1) is 42.2 Å². The first-order chi connectivity index (χ1) is 41.4. The fraction of sp³-hybridized carbons (Fsp3) is 0.623. The molecule has 89 heavy (non-hydrogen) atoms. The van der Waals surface area contributed by atoms with Crippen molar-refractivity contribution in [1.82, 2.24) is 20.2 Å². The molecule has 2 fully saturated rings. The molecule has 0 spiro atoms. The Balaban J connectivity index is 1.18. The van der Waals surface area contributed by atoms with Crippen LogP contribution in [0.15, 0.2) is 67.8 Å². The lowest BCUT2D eigenvalue weighted by Crippen LogP contribution is -2.56. The number of carbonyl (C=O) groups is 7. The lowest BCUT2D eigenvalue weighted by Gasteiger charge is -2.48. The molecule has 8 rings (SSSR count). The average Bonchev–Trinajstić information content (AvgIpc) is 1.54. The first kappa shape index (κ1) is 67.9. The summed E-state index contributed by atoms with van der Waals surface area (Å²) < 4.78 is 31.7. The van der Waals surface area contributed by atoms with Crippen molar-refractivity contribution in [3.63, 3.8) is 0 Å². The molecule has 7 amide bonds. The Bertz CT molecular complexity index is 3500. The zero-order valence-electron chi connectivity index (χ0n) is 52.4. The number of aliphatic imine (C=N–C) groups is 3. The third-order valence-electron chi connectivity index (χ3n) is 20.4. The van der Waals surface area contributed by atoms with Gasteiger partial charge in [-0.2, -0.15) is 0 Å². The van der Waals surface area contributed by atoms with Crippen LogP contribution in [0.1, 0.15) is 143 Å². The van der Waals surface area contributed by atoms with Crippen molar-refractivity contribution in [2.24, 2.45) is 94.7 Å². The van der Waals surface area contributed by atoms with Gasteiger partial charge in [-0.05, 0) is 101 Å². The van der Waals surface area contributed by atoms with Crippen LogP contribution in [0.2, 0.25) is 0 Å². The minimum Gasteiger partial charge on any atom is -0.394 e. The van der Waals surface area contributed by atoms with E-state index in [4.69, 9.17) is 63.2 Å². The van der Waals surface area contributed by atoms with E-state index in [-0.39, 0.29) is 77.2 Å². The fourth-order valence-electron chi connectivity index (χ4n) is 15.3. The number of aliphatic hydroxyl groups excluding tert-OH is 2. The van der Waals surface area contributed by atoms with Gasteiger partial charge in [0.15, 0.2) is 6.23 Å². The van der Waals surface area contributed by atoms with Crippen LogP contribution in [-0.4, -0.2) is 133 Å². The average molecular weight is 1260 g/mol. The Labute approximate surface area is 517 Å². The number of imidazole rings is 1. The number of amides is 7. The van der Waals surface area contributed by atoms with Gasteiger partial charge in [0.2, 0.25) is 41.4 Å². The lowest BCUT2D eigenvalue weighted by atomic mass is 9.55. The highest BCUT2D eigenvalue weighted by atomic mass is 31.2. The molecule has 0 aliphatic carbocycles. The number of nitrogens with one attached hydrogen (secondary N) is 2. The Morgan fingerprint density at radius 3 is 1.99 bits per heavy atom. The smallest absolute Gasteiger partial charge is 0.394 e. The number of nitrogens with two attached hydrogens (primary N) is 6. The Morgan fingerprint density at radius 1 is 0.787 bits per heavy atom. The van der Waals surface area contributed by atoms with Gasteiger partial charge in [0.25, 0.3) is 0 Å². The Kier molecular flexibility index (Phi) is 19.3. The maximum absolute atomic E-state index is 14.2. The van der Waals surface area contributed by atoms with E-state index >= 15 is 0 Å². The van der Waals surface area contributed by atoms with Crippen molar-refractivity contribution < 1.29 is 67.0 Å². The summed E-state index contributed by atoms with van der Waals surface area (Å²) in [6.45, 7) is 17.3. The second-order valence-corrected chi connectivity index (χ2v) is 28.0. The van der Waals surface area contributed by atoms with Crippen LogP contribution in [0.5, 0.6) is 0 Å². The first-order valence-corrected chi connectivity index (χ1v) is 31.6. The van der Waals surface area contributed by atoms with E-state index < -0.39 is 144 Å². The molecular formula is C61H88N13O14P. The number of primary amides is 6. The van der Waals surface area contributed by atoms with Crippen LogP contribution < -0.4 is 45.0 Å². The number of fused-ring (bicyclic) bond motifs is 7. The third-order valence-corrected chi connectivity index (χ3v) is 21.4. The summed E-state index contributed by atoms with van der Waals surface area (Å²) in [7, 11) is -5.01. The van der Waals surface area contributed by atoms with E-state index in [1.807, 2.05) is 87.4 Å². The number of hydrogen-bond acceptors (Lipinski definition) is 18. The summed E-state index contributed by atoms with van der Waals surface area (Å²) in [6.07, 6.45) is -3.02. The van der Waals surface area contributed by atoms with Crippen molar-refractivity contribution in [3.05, 3.63) is 63.9 Å². The minimum atomic E-state index is -5.01. The van der Waals surface area contributed by atoms with Gasteiger partial charge in [-0.15, -0.1) is 0 Å². The molecule has 1 aromatic heterocycles. The predicted molar refractivity (Wildman–Crippen MR) is 329 cm³/mol. The van der Waals surface area contributed by atoms with Crippen LogP contribution in [0.25, 0.3) is 11.0 Å². The number of allylic oxidation sites excluding steroid dienone is 6. The largest absolute Gasteiger partial charge is 0.472 e. The molecule has 2 aromatic rings. The fourth-order valence-corrected chi connectivity index (χ4v) is 16.2. The van der Waals surface area contributed by atoms with Crippen molar-refractivity contribution >= 4 is 77.3 Å². The van der Waals surface area contributed by atoms with E-state index in [1.54, 1.807) is 4.57 Å². The molecule has 6 aliphatic heterocycles. The van der Waals surface area contributed by atoms with E-state index in [1.165, 1.54) is 6.33 Å². The highest BCUT2D eigenvalue weighted by molar-refractivity contribution is 7.47. The summed E-state index contributed by atoms with van der Waals surface area (Å²) in [5.74, 6) is -7.16. The highest BCUT2D eigenvalue weighted by Crippen LogP contribution is 2.62. The van der Waals surface area contributed by atoms with Crippen LogP contribution >= 0.6 is 7.82 Å². The molecule has 2 saturated heterocycles. The normalized spacial score (nSPS) is 34.1. The van der Waals surface area contributed by atoms with Crippen LogP contribution in [0.3, 0.4) is 0 Å². The Morgan fingerprint density at radius 2 is 1.39 bits per heavy atom. The number of hydrogen-bond donors (Lipinski definition) is 11. The maximum atomic E-state index is 14.2. The summed E-state index contributed by atoms with van der Waals surface area (Å²) in [6, 6.07) is 2.70. The monoisotopic (exact) mass is 1260 g/mol. The molecule has 486 valence electrons. The second kappa shape index (κ2) is 25.4. The zero-order valence-corrected chi connectivity index (χ0v) is 53.3. The summed E-state index contributed by atoms with van der Waals surface area (Å²) in [5.41, 5.74) is 37.3. The second-order valence-electron chi connectivity index (χ2n) is 26.5. The predicted octanol–water partition coefficient (Wildman–Crippen LogP) is 2.77. The number of nitrogens with zero attached hydrogens (tertiary/aromatic N) is 5. The molecule has 7 heterocycles. The number of aliphatic hydroxyl groups is 2. The van der Waals surface area contributed by atoms with Crippen molar-refractivity contribution in [3.8, 4) is 0 Å². The first-order valence-electron chi connectivity index (χ1n) is 30.1. The standard InChI is InChI=1S/C61H88N13O14P/c1-29-21-38-39(22-30(29)2)74(28-69-38)56-51(83)52(40(27-75)87-56)88-89(84,85)86-20-19-68-48(82)17-18-58(7)36(23-45(65)79)55-61(10)60(9,26-47(67)81)35(13-16-44(64)78)50(73-61)32(4)54-59(8,25-46(66)80)33(11-14-42(62)76)37(70-54)24-41-57(5,6)34(12-15-43(63)77)49(71-41)31(3)53(58)72-55/h21-22,24,28,33-36,40,51-52,55-56,70,75,83H,11-20,23,25-27H2,1-10H3,(H2,62,76)(H2,63,77)(H2,64,78)(H2,65,79)(H2,66,80)(H2,67,81)(H,68,82)(H,84,85)/b37-24-,49-31-,54-32-/t33-,34-,35-,36+,40-,51-,52-,55?,56-,58-,59+,60+,61+/m1/s1. The molecule has 1 aromatic carbocycles. The van der Waals surface area contributed by atoms with Gasteiger partial charge in [-0.25, -0.2) is 9.55 Å². The number of benzene rings is 1. The van der Waals surface area contributed by atoms with Gasteiger partial charge in [0.1, 0.15) is 18.3 Å². The number of phosphoric acid groups is 1. The van der Waals surface area contributed by atoms with Gasteiger partial charge in [0, 0.05) is 131 Å². The van der Waals surface area contributed by atoms with Crippen LogP contribution in [0, 0.1) is 59.2 Å². The number of carbonyl (C=O) groups excluding carboxylic acids is 7. The summed E-state index contributed by atoms with van der Waals surface area (Å²) in [4.78, 5) is 125. The SMILES string of the molecule is C/C1=C2N=C(/C=C3\N/C(=C(/C)C4=N[C@@](C)(C5N=C1[C@](C)(CCC(=O)NCCOP(=O)(O)O[C@H]1[C@@H](O)[C@H](n6cnc7cc(C)c(C)cc76)O[C@@H]1CO)[C@H]5CC(N)=O)[C@@](C)(CC(N)=O)[C@@H]4CCC(N)=O)[C@@](C)(CC(N)=O)[C@@H]3CCC(N)=O)C(C)(C)[C@@H]/2CCC(N)=O. The van der Waals surface area contributed by atoms with E-state index in [0.29, 0.717) is 56.4 Å². The summed E-state index contributed by atoms with van der Waals surface area (Å²) in [5, 5.41) is 28.0. The van der Waals surface area contributed by atoms with Gasteiger partial charge >= 0.3 is 7.82 Å². The molecule has 14 atom stereocenters. The van der Waals surface area contributed by atoms with Crippen LogP contribution in [-0.2, 0) is 51.9 Å². The zero-order chi connectivity index (χ0) is 65.8. The van der Waals surface area contributed by atoms with E-state index in [0.717, 1.165) is 11.1 Å². The van der Waals surface area contributed by atoms with E-state index in [9.17, 15) is 53.2 Å². The highest BCUT2D eigenvalue weighted by Gasteiger charge is 2.66. The molecule has 6 aliphatic rings. The van der Waals surface area contributed by atoms with Crippen molar-refractivity contribution in [1.29, 1.82) is 0 Å². The number of ether oxygens (including phenoxy) is 1. The molecule has 0 saturated carbocycles. The molecule has 17 N–H and O–H groups in total. The van der Waals surface area contributed by atoms with Gasteiger partial charge < -0.3 is 69.4 Å². The van der Waals surface area contributed by atoms with Crippen molar-refractivity contribution in [2.75, 3.05) is 19.8 Å². The summed E-state index contributed by atoms with van der Waals surface area (Å²) >= 11 is 0. The van der Waals surface area contributed by atoms with Crippen molar-refractivity contribution in [2.45, 2.75) is 176 Å². The number of aryl methyl sites for hydroxylation is 2. The maximum Gasteiger partial charge on any atom is 0.472 e. The molecule has 8 bridgehead atoms. The topological polar surface area (TPSA) is 460 Å². The van der Waals surface area contributed by atoms with Gasteiger partial charge in [-0.1, -0.05) is 34.6 Å². The molecule has 2 unspecified atom stereocenters. The number of rotatable bonds is 26. The Hall–Kier alpha value is -7.00. The number of aromatic nitrogens is 2. The lowest BCUT2D eigenvalue weighted by molar-refractivity contribution is -0.124. The number of phosphoric ester groups is 1. The molecule has 27 nitrogen and oxygen atoms in total. The van der Waals surface area contributed by atoms with Crippen LogP contribution in [0.4, 0.5) is 0 Å². The molecule has 28 heteroatoms. The van der Waals surface area contributed by atoms with E-state index in [2.05, 4.69) is 15.6 Å². The third kappa shape index (κ3) is 12.9. The van der Waals surface area contributed by atoms with Gasteiger partial charge in [-0.3, -0.25) is 57.6 Å². The quantitative estimate of drug-likeness (QED) is 0.0476. The molecule has 0 radical (unpaired) electrons.